The summed E-state index contributed by atoms with van der Waals surface area (Å²) in [5.41, 5.74) is 2.43. The molecule has 0 aliphatic carbocycles. The lowest BCUT2D eigenvalue weighted by atomic mass is 9.88. The summed E-state index contributed by atoms with van der Waals surface area (Å²) >= 11 is 0. The number of hydrogen-bond acceptors (Lipinski definition) is 5. The Balaban J connectivity index is 1.67. The van der Waals surface area contributed by atoms with Crippen LogP contribution in [0.25, 0.3) is 0 Å². The van der Waals surface area contributed by atoms with E-state index in [9.17, 15) is 0 Å². The molecule has 3 rings (SSSR count). The molecule has 2 aliphatic rings. The van der Waals surface area contributed by atoms with Crippen LogP contribution in [0, 0.1) is 6.92 Å². The predicted octanol–water partition coefficient (Wildman–Crippen LogP) is 2.72. The van der Waals surface area contributed by atoms with Crippen LogP contribution in [0.2, 0.25) is 0 Å². The van der Waals surface area contributed by atoms with Gasteiger partial charge in [-0.05, 0) is 64.3 Å². The molecule has 2 heterocycles. The average molecular weight is 433 g/mol. The second-order valence-corrected chi connectivity index (χ2v) is 8.53. The third-order valence-electron chi connectivity index (χ3n) is 6.30. The summed E-state index contributed by atoms with van der Waals surface area (Å²) in [4.78, 5) is 7.55. The number of ether oxygens (including phenoxy) is 3. The van der Waals surface area contributed by atoms with E-state index >= 15 is 0 Å². The molecule has 0 amide bonds. The van der Waals surface area contributed by atoms with Crippen molar-refractivity contribution >= 4 is 5.96 Å². The van der Waals surface area contributed by atoms with Gasteiger partial charge in [-0.15, -0.1) is 0 Å². The SMILES string of the molecule is CCNC(=NCc1ccc(C)cc1OCCOC)NCC1(N2CCCC2)CCOCC1. The molecule has 1 aromatic rings. The number of likely N-dealkylation sites (tertiary alicyclic amines) is 1. The van der Waals surface area contributed by atoms with Crippen molar-refractivity contribution in [1.82, 2.24) is 15.5 Å². The normalized spacial score (nSPS) is 19.4. The van der Waals surface area contributed by atoms with E-state index < -0.39 is 0 Å². The third kappa shape index (κ3) is 6.82. The third-order valence-corrected chi connectivity index (χ3v) is 6.30. The van der Waals surface area contributed by atoms with E-state index in [1.807, 2.05) is 0 Å². The number of hydrogen-bond donors (Lipinski definition) is 2. The summed E-state index contributed by atoms with van der Waals surface area (Å²) in [6, 6.07) is 6.29. The Morgan fingerprint density at radius 2 is 1.94 bits per heavy atom. The monoisotopic (exact) mass is 432 g/mol. The highest BCUT2D eigenvalue weighted by atomic mass is 16.5. The minimum Gasteiger partial charge on any atom is -0.491 e. The summed E-state index contributed by atoms with van der Waals surface area (Å²) in [6.45, 7) is 11.7. The van der Waals surface area contributed by atoms with Gasteiger partial charge in [-0.1, -0.05) is 12.1 Å². The number of rotatable bonds is 10. The van der Waals surface area contributed by atoms with E-state index in [0.717, 1.165) is 56.4 Å². The molecule has 2 N–H and O–H groups in total. The van der Waals surface area contributed by atoms with Gasteiger partial charge in [0.2, 0.25) is 0 Å². The Morgan fingerprint density at radius 3 is 2.65 bits per heavy atom. The minimum absolute atomic E-state index is 0.170. The number of aliphatic imine (C=N–C) groups is 1. The molecule has 7 heteroatoms. The van der Waals surface area contributed by atoms with Crippen LogP contribution in [-0.4, -0.2) is 76.1 Å². The van der Waals surface area contributed by atoms with E-state index in [0.29, 0.717) is 19.8 Å². The topological polar surface area (TPSA) is 67.4 Å². The van der Waals surface area contributed by atoms with Crippen LogP contribution in [0.3, 0.4) is 0 Å². The summed E-state index contributed by atoms with van der Waals surface area (Å²) in [5.74, 6) is 1.74. The molecular formula is C24H40N4O3. The molecule has 0 unspecified atom stereocenters. The van der Waals surface area contributed by atoms with Crippen molar-refractivity contribution in [1.29, 1.82) is 0 Å². The van der Waals surface area contributed by atoms with E-state index in [1.165, 1.54) is 31.5 Å². The second kappa shape index (κ2) is 12.3. The Hall–Kier alpha value is -1.83. The highest BCUT2D eigenvalue weighted by Gasteiger charge is 2.39. The molecule has 2 aliphatic heterocycles. The van der Waals surface area contributed by atoms with Gasteiger partial charge in [0.15, 0.2) is 5.96 Å². The van der Waals surface area contributed by atoms with Crippen molar-refractivity contribution in [2.45, 2.75) is 51.6 Å². The van der Waals surface area contributed by atoms with E-state index in [1.54, 1.807) is 7.11 Å². The van der Waals surface area contributed by atoms with Crippen LogP contribution in [0.1, 0.15) is 43.7 Å². The van der Waals surface area contributed by atoms with Crippen LogP contribution in [-0.2, 0) is 16.0 Å². The van der Waals surface area contributed by atoms with Gasteiger partial charge in [0.1, 0.15) is 12.4 Å². The Morgan fingerprint density at radius 1 is 1.16 bits per heavy atom. The van der Waals surface area contributed by atoms with Crippen molar-refractivity contribution in [2.24, 2.45) is 4.99 Å². The predicted molar refractivity (Wildman–Crippen MR) is 125 cm³/mol. The summed E-state index contributed by atoms with van der Waals surface area (Å²) in [7, 11) is 1.69. The van der Waals surface area contributed by atoms with E-state index in [-0.39, 0.29) is 5.54 Å². The molecule has 0 saturated carbocycles. The van der Waals surface area contributed by atoms with Crippen LogP contribution in [0.4, 0.5) is 0 Å². The van der Waals surface area contributed by atoms with Crippen molar-refractivity contribution in [3.63, 3.8) is 0 Å². The first-order chi connectivity index (χ1) is 15.2. The fourth-order valence-corrected chi connectivity index (χ4v) is 4.46. The molecule has 31 heavy (non-hydrogen) atoms. The van der Waals surface area contributed by atoms with Gasteiger partial charge in [0, 0.05) is 44.5 Å². The highest BCUT2D eigenvalue weighted by molar-refractivity contribution is 5.79. The van der Waals surface area contributed by atoms with Crippen molar-refractivity contribution < 1.29 is 14.2 Å². The van der Waals surface area contributed by atoms with Gasteiger partial charge in [0.25, 0.3) is 0 Å². The molecule has 174 valence electrons. The molecule has 2 fully saturated rings. The lowest BCUT2D eigenvalue weighted by Gasteiger charge is -2.45. The quantitative estimate of drug-likeness (QED) is 0.337. The molecule has 0 aromatic heterocycles. The second-order valence-electron chi connectivity index (χ2n) is 8.53. The van der Waals surface area contributed by atoms with Gasteiger partial charge in [-0.25, -0.2) is 4.99 Å². The van der Waals surface area contributed by atoms with E-state index in [4.69, 9.17) is 19.2 Å². The summed E-state index contributed by atoms with van der Waals surface area (Å²) < 4.78 is 16.7. The Kier molecular flexibility index (Phi) is 9.43. The number of guanidine groups is 1. The Bertz CT molecular complexity index is 698. The number of aryl methyl sites for hydroxylation is 1. The first kappa shape index (κ1) is 23.8. The zero-order valence-corrected chi connectivity index (χ0v) is 19.5. The van der Waals surface area contributed by atoms with Crippen LogP contribution >= 0.6 is 0 Å². The first-order valence-electron chi connectivity index (χ1n) is 11.7. The summed E-state index contributed by atoms with van der Waals surface area (Å²) in [6.07, 6.45) is 4.76. The van der Waals surface area contributed by atoms with Crippen LogP contribution in [0.15, 0.2) is 23.2 Å². The largest absolute Gasteiger partial charge is 0.491 e. The number of nitrogens with one attached hydrogen (secondary N) is 2. The Labute approximate surface area is 187 Å². The number of benzene rings is 1. The molecular weight excluding hydrogens is 392 g/mol. The lowest BCUT2D eigenvalue weighted by molar-refractivity contribution is -0.0164. The van der Waals surface area contributed by atoms with Gasteiger partial charge in [-0.3, -0.25) is 4.90 Å². The number of nitrogens with zero attached hydrogens (tertiary/aromatic N) is 2. The van der Waals surface area contributed by atoms with Crippen molar-refractivity contribution in [2.75, 3.05) is 59.7 Å². The first-order valence-corrected chi connectivity index (χ1v) is 11.7. The number of methoxy groups -OCH3 is 1. The maximum absolute atomic E-state index is 5.93. The maximum atomic E-state index is 5.93. The smallest absolute Gasteiger partial charge is 0.191 e. The van der Waals surface area contributed by atoms with E-state index in [2.05, 4.69) is 47.6 Å². The molecule has 0 bridgehead atoms. The van der Waals surface area contributed by atoms with Crippen LogP contribution in [0.5, 0.6) is 5.75 Å². The average Bonchev–Trinajstić information content (AvgIpc) is 3.33. The molecule has 0 spiro atoms. The van der Waals surface area contributed by atoms with Crippen molar-refractivity contribution in [3.8, 4) is 5.75 Å². The fraction of sp³-hybridized carbons (Fsp3) is 0.708. The van der Waals surface area contributed by atoms with Crippen molar-refractivity contribution in [3.05, 3.63) is 29.3 Å². The minimum atomic E-state index is 0.170. The maximum Gasteiger partial charge on any atom is 0.191 e. The summed E-state index contributed by atoms with van der Waals surface area (Å²) in [5, 5.41) is 7.05. The molecule has 2 saturated heterocycles. The standard InChI is InChI=1S/C24H40N4O3/c1-4-25-23(26-18-21-8-7-20(2)17-22(21)31-16-15-29-3)27-19-24(9-13-30-14-10-24)28-11-5-6-12-28/h7-8,17H,4-6,9-16,18-19H2,1-3H3,(H2,25,26,27). The zero-order chi connectivity index (χ0) is 21.9. The lowest BCUT2D eigenvalue weighted by Crippen LogP contribution is -2.58. The fourth-order valence-electron chi connectivity index (χ4n) is 4.46. The van der Waals surface area contributed by atoms with Gasteiger partial charge in [-0.2, -0.15) is 0 Å². The highest BCUT2D eigenvalue weighted by Crippen LogP contribution is 2.30. The zero-order valence-electron chi connectivity index (χ0n) is 19.5. The van der Waals surface area contributed by atoms with Gasteiger partial charge >= 0.3 is 0 Å². The van der Waals surface area contributed by atoms with Gasteiger partial charge < -0.3 is 24.8 Å². The molecule has 0 radical (unpaired) electrons. The molecule has 0 atom stereocenters. The molecule has 7 nitrogen and oxygen atoms in total. The molecule has 1 aromatic carbocycles. The van der Waals surface area contributed by atoms with Crippen LogP contribution < -0.4 is 15.4 Å². The van der Waals surface area contributed by atoms with Gasteiger partial charge in [0.05, 0.1) is 13.2 Å².